The average Bonchev–Trinajstić information content (AvgIpc) is 2.73. The summed E-state index contributed by atoms with van der Waals surface area (Å²) in [5.74, 6) is 0. The summed E-state index contributed by atoms with van der Waals surface area (Å²) in [6, 6.07) is 5.93. The van der Waals surface area contributed by atoms with Crippen LogP contribution in [0.1, 0.15) is 18.5 Å². The Hall–Kier alpha value is 0.180. The van der Waals surface area contributed by atoms with E-state index in [1.54, 1.807) is 25.1 Å². The number of benzene rings is 1. The van der Waals surface area contributed by atoms with Gasteiger partial charge in [0.15, 0.2) is 0 Å². The Balaban J connectivity index is 2.25. The van der Waals surface area contributed by atoms with E-state index < -0.39 is 16.1 Å². The summed E-state index contributed by atoms with van der Waals surface area (Å²) in [7, 11) is -3.65. The molecular weight excluding hydrogens is 441 g/mol. The van der Waals surface area contributed by atoms with Crippen LogP contribution in [0.4, 0.5) is 0 Å². The third-order valence-electron chi connectivity index (χ3n) is 2.66. The van der Waals surface area contributed by atoms with Gasteiger partial charge in [-0.1, -0.05) is 40.9 Å². The molecule has 0 saturated heterocycles. The molecule has 1 aromatic carbocycles. The molecule has 0 aliphatic heterocycles. The molecule has 0 amide bonds. The molecule has 1 heterocycles. The van der Waals surface area contributed by atoms with Gasteiger partial charge < -0.3 is 0 Å². The van der Waals surface area contributed by atoms with Gasteiger partial charge in [0.05, 0.1) is 18.9 Å². The molecule has 21 heavy (non-hydrogen) atoms. The van der Waals surface area contributed by atoms with Gasteiger partial charge in [-0.25, -0.2) is 13.1 Å². The highest BCUT2D eigenvalue weighted by molar-refractivity contribution is 9.11. The quantitative estimate of drug-likeness (QED) is 0.669. The van der Waals surface area contributed by atoms with E-state index in [-0.39, 0.29) is 4.21 Å². The fourth-order valence-corrected chi connectivity index (χ4v) is 5.55. The molecule has 2 aromatic rings. The van der Waals surface area contributed by atoms with Crippen molar-refractivity contribution in [3.8, 4) is 0 Å². The Bertz CT molecular complexity index is 757. The van der Waals surface area contributed by atoms with Gasteiger partial charge in [0.25, 0.3) is 10.0 Å². The van der Waals surface area contributed by atoms with Crippen LogP contribution < -0.4 is 4.72 Å². The number of halogens is 4. The first-order valence-electron chi connectivity index (χ1n) is 5.63. The maximum absolute atomic E-state index is 12.3. The number of thiophene rings is 1. The zero-order valence-corrected chi connectivity index (χ0v) is 16.0. The van der Waals surface area contributed by atoms with Gasteiger partial charge in [0.2, 0.25) is 0 Å². The van der Waals surface area contributed by atoms with Gasteiger partial charge in [-0.3, -0.25) is 0 Å². The molecule has 0 bridgehead atoms. The van der Waals surface area contributed by atoms with Crippen LogP contribution in [-0.4, -0.2) is 8.42 Å². The summed E-state index contributed by atoms with van der Waals surface area (Å²) in [6.07, 6.45) is 0. The second-order valence-corrected chi connectivity index (χ2v) is 9.74. The third kappa shape index (κ3) is 4.13. The van der Waals surface area contributed by atoms with Crippen molar-refractivity contribution in [1.82, 2.24) is 4.72 Å². The molecule has 2 rings (SSSR count). The van der Waals surface area contributed by atoms with E-state index in [0.29, 0.717) is 18.9 Å². The molecule has 0 aliphatic carbocycles. The van der Waals surface area contributed by atoms with Crippen LogP contribution in [0.25, 0.3) is 0 Å². The Morgan fingerprint density at radius 2 is 1.81 bits per heavy atom. The largest absolute Gasteiger partial charge is 0.250 e. The molecule has 0 spiro atoms. The zero-order chi connectivity index (χ0) is 15.8. The molecular formula is C12H9BrCl3NO2S2. The van der Waals surface area contributed by atoms with Crippen LogP contribution in [0.2, 0.25) is 15.1 Å². The Labute approximate surface area is 150 Å². The normalized spacial score (nSPS) is 13.4. The Morgan fingerprint density at radius 1 is 1.14 bits per heavy atom. The highest BCUT2D eigenvalue weighted by Gasteiger charge is 2.22. The van der Waals surface area contributed by atoms with Gasteiger partial charge in [0.1, 0.15) is 4.21 Å². The topological polar surface area (TPSA) is 46.2 Å². The summed E-state index contributed by atoms with van der Waals surface area (Å²) >= 11 is 21.9. The second-order valence-electron chi connectivity index (χ2n) is 4.20. The molecule has 1 atom stereocenters. The zero-order valence-electron chi connectivity index (χ0n) is 10.5. The van der Waals surface area contributed by atoms with Crippen LogP contribution in [0.15, 0.2) is 32.3 Å². The van der Waals surface area contributed by atoms with Crippen molar-refractivity contribution in [2.24, 2.45) is 0 Å². The lowest BCUT2D eigenvalue weighted by Crippen LogP contribution is -2.26. The molecule has 9 heteroatoms. The predicted octanol–water partition coefficient (Wildman–Crippen LogP) is 5.51. The monoisotopic (exact) mass is 447 g/mol. The summed E-state index contributed by atoms with van der Waals surface area (Å²) in [4.78, 5) is 0. The maximum Gasteiger partial charge on any atom is 0.250 e. The smallest absolute Gasteiger partial charge is 0.206 e. The van der Waals surface area contributed by atoms with Crippen LogP contribution in [-0.2, 0) is 10.0 Å². The van der Waals surface area contributed by atoms with E-state index in [0.717, 1.165) is 16.9 Å². The van der Waals surface area contributed by atoms with E-state index in [1.807, 2.05) is 0 Å². The molecule has 0 fully saturated rings. The van der Waals surface area contributed by atoms with Crippen LogP contribution in [0, 0.1) is 0 Å². The summed E-state index contributed by atoms with van der Waals surface area (Å²) in [5.41, 5.74) is 0.717. The van der Waals surface area contributed by atoms with Crippen LogP contribution in [0.5, 0.6) is 0 Å². The minimum absolute atomic E-state index is 0.145. The standard InChI is InChI=1S/C12H9BrCl3NO2S2/c1-6(7-2-3-8(14)9(15)4-7)17-21(18,19)11-5-10(16)12(13)20-11/h2-6,17H,1H3. The van der Waals surface area contributed by atoms with Crippen molar-refractivity contribution in [2.75, 3.05) is 0 Å². The second kappa shape index (κ2) is 6.74. The minimum Gasteiger partial charge on any atom is -0.206 e. The van der Waals surface area contributed by atoms with Crippen LogP contribution in [0.3, 0.4) is 0 Å². The van der Waals surface area contributed by atoms with Crippen molar-refractivity contribution in [1.29, 1.82) is 0 Å². The molecule has 0 radical (unpaired) electrons. The molecule has 3 nitrogen and oxygen atoms in total. The lowest BCUT2D eigenvalue weighted by molar-refractivity contribution is 0.569. The number of hydrogen-bond donors (Lipinski definition) is 1. The number of sulfonamides is 1. The van der Waals surface area contributed by atoms with Crippen molar-refractivity contribution in [2.45, 2.75) is 17.2 Å². The Morgan fingerprint density at radius 3 is 2.33 bits per heavy atom. The van der Waals surface area contributed by atoms with E-state index in [4.69, 9.17) is 34.8 Å². The van der Waals surface area contributed by atoms with Gasteiger partial charge in [0, 0.05) is 6.04 Å². The minimum atomic E-state index is -3.65. The lowest BCUT2D eigenvalue weighted by Gasteiger charge is -2.14. The summed E-state index contributed by atoms with van der Waals surface area (Å²) in [5, 5.41) is 1.16. The highest BCUT2D eigenvalue weighted by Crippen LogP contribution is 2.35. The van der Waals surface area contributed by atoms with Gasteiger partial charge in [-0.2, -0.15) is 0 Å². The molecule has 114 valence electrons. The van der Waals surface area contributed by atoms with Crippen molar-refractivity contribution >= 4 is 72.1 Å². The van der Waals surface area contributed by atoms with Crippen LogP contribution >= 0.6 is 62.1 Å². The van der Waals surface area contributed by atoms with E-state index >= 15 is 0 Å². The van der Waals surface area contributed by atoms with Crippen molar-refractivity contribution < 1.29 is 8.42 Å². The third-order valence-corrected chi connectivity index (χ3v) is 7.89. The molecule has 1 aromatic heterocycles. The first-order valence-corrected chi connectivity index (χ1v) is 9.85. The molecule has 0 saturated carbocycles. The number of nitrogens with one attached hydrogen (secondary N) is 1. The predicted molar refractivity (Wildman–Crippen MR) is 92.2 cm³/mol. The van der Waals surface area contributed by atoms with Gasteiger partial charge in [-0.15, -0.1) is 11.3 Å². The van der Waals surface area contributed by atoms with E-state index in [9.17, 15) is 8.42 Å². The van der Waals surface area contributed by atoms with E-state index in [1.165, 1.54) is 6.07 Å². The van der Waals surface area contributed by atoms with E-state index in [2.05, 4.69) is 20.7 Å². The number of rotatable bonds is 4. The van der Waals surface area contributed by atoms with Crippen molar-refractivity contribution in [3.05, 3.63) is 48.7 Å². The van der Waals surface area contributed by atoms with Gasteiger partial charge in [-0.05, 0) is 46.6 Å². The van der Waals surface area contributed by atoms with Crippen molar-refractivity contribution in [3.63, 3.8) is 0 Å². The fourth-order valence-electron chi connectivity index (χ4n) is 1.60. The average molecular weight is 450 g/mol. The summed E-state index contributed by atoms with van der Waals surface area (Å²) in [6.45, 7) is 1.72. The first kappa shape index (κ1) is 17.5. The molecule has 0 aliphatic rings. The fraction of sp³-hybridized carbons (Fsp3) is 0.167. The first-order chi connectivity index (χ1) is 9.70. The SMILES string of the molecule is CC(NS(=O)(=O)c1cc(Cl)c(Br)s1)c1ccc(Cl)c(Cl)c1. The van der Waals surface area contributed by atoms with Gasteiger partial charge >= 0.3 is 0 Å². The lowest BCUT2D eigenvalue weighted by atomic mass is 10.1. The maximum atomic E-state index is 12.3. The highest BCUT2D eigenvalue weighted by atomic mass is 79.9. The number of hydrogen-bond acceptors (Lipinski definition) is 3. The summed E-state index contributed by atoms with van der Waals surface area (Å²) < 4.78 is 27.9. The Kier molecular flexibility index (Phi) is 5.63. The molecule has 1 unspecified atom stereocenters. The molecule has 1 N–H and O–H groups in total.